The minimum absolute atomic E-state index is 0.0608. The van der Waals surface area contributed by atoms with Crippen molar-refractivity contribution in [1.29, 1.82) is 5.41 Å². The highest BCUT2D eigenvalue weighted by atomic mass is 16.2. The van der Waals surface area contributed by atoms with Crippen molar-refractivity contribution in [3.05, 3.63) is 35.9 Å². The maximum atomic E-state index is 12.4. The smallest absolute Gasteiger partial charge is 0.270 e. The molecule has 2 heterocycles. The molecule has 1 aromatic heterocycles. The third-order valence-corrected chi connectivity index (χ3v) is 3.75. The molecule has 10 nitrogen and oxygen atoms in total. The van der Waals surface area contributed by atoms with Gasteiger partial charge in [0.2, 0.25) is 23.8 Å². The Morgan fingerprint density at radius 1 is 1.04 bits per heavy atom. The van der Waals surface area contributed by atoms with Gasteiger partial charge in [0, 0.05) is 28.2 Å². The first-order valence-electron chi connectivity index (χ1n) is 8.25. The number of carbonyl (C=O) groups excluding carboxylic acids is 1. The Kier molecular flexibility index (Phi) is 4.97. The van der Waals surface area contributed by atoms with Crippen LogP contribution in [0.15, 0.2) is 35.4 Å². The van der Waals surface area contributed by atoms with E-state index in [4.69, 9.17) is 5.41 Å². The molecule has 1 amide bonds. The summed E-state index contributed by atoms with van der Waals surface area (Å²) in [5, 5.41) is 13.5. The van der Waals surface area contributed by atoms with Crippen LogP contribution in [0.5, 0.6) is 0 Å². The topological polar surface area (TPSA) is 105 Å². The van der Waals surface area contributed by atoms with Crippen LogP contribution in [0.2, 0.25) is 0 Å². The average molecular weight is 367 g/mol. The molecule has 10 heteroatoms. The molecule has 0 radical (unpaired) electrons. The lowest BCUT2D eigenvalue weighted by Gasteiger charge is -2.20. The van der Waals surface area contributed by atoms with Gasteiger partial charge in [-0.2, -0.15) is 25.1 Å². The molecule has 1 saturated heterocycles. The summed E-state index contributed by atoms with van der Waals surface area (Å²) in [5.74, 6) is 0.678. The van der Waals surface area contributed by atoms with E-state index < -0.39 is 0 Å². The molecule has 27 heavy (non-hydrogen) atoms. The number of hydrazone groups is 1. The molecular weight excluding hydrogens is 346 g/mol. The fourth-order valence-electron chi connectivity index (χ4n) is 2.32. The zero-order valence-corrected chi connectivity index (χ0v) is 15.7. The van der Waals surface area contributed by atoms with Crippen molar-refractivity contribution in [2.75, 3.05) is 49.4 Å². The number of hydrogen-bond acceptors (Lipinski definition) is 8. The molecule has 1 aliphatic rings. The number of amides is 1. The minimum Gasteiger partial charge on any atom is -0.347 e. The lowest BCUT2D eigenvalue weighted by Crippen LogP contribution is -2.32. The number of hydrogen-bond donors (Lipinski definition) is 1. The molecular formula is C17H21N9O. The second-order valence-electron chi connectivity index (χ2n) is 6.29. The highest BCUT2D eigenvalue weighted by Gasteiger charge is 2.36. The molecule has 140 valence electrons. The van der Waals surface area contributed by atoms with Crippen LogP contribution < -0.4 is 14.7 Å². The third-order valence-electron chi connectivity index (χ3n) is 3.75. The Balaban J connectivity index is 1.89. The summed E-state index contributed by atoms with van der Waals surface area (Å²) in [6.45, 7) is -0.0608. The zero-order valence-electron chi connectivity index (χ0n) is 15.7. The SMILES string of the molecule is CN(C)c1nc(N(C)C)nc(N2CC(=O)N(/N=C\c3ccccc3)C2=N)n1. The molecule has 1 fully saturated rings. The molecule has 3 rings (SSSR count). The summed E-state index contributed by atoms with van der Waals surface area (Å²) in [6.07, 6.45) is 1.54. The van der Waals surface area contributed by atoms with Crippen molar-refractivity contribution in [3.63, 3.8) is 0 Å². The van der Waals surface area contributed by atoms with E-state index in [9.17, 15) is 4.79 Å². The van der Waals surface area contributed by atoms with E-state index in [0.717, 1.165) is 10.6 Å². The van der Waals surface area contributed by atoms with E-state index in [1.165, 1.54) is 4.90 Å². The highest BCUT2D eigenvalue weighted by molar-refractivity contribution is 6.12. The largest absolute Gasteiger partial charge is 0.347 e. The van der Waals surface area contributed by atoms with Gasteiger partial charge in [0.15, 0.2) is 0 Å². The standard InChI is InChI=1S/C17H21N9O/c1-23(2)15-20-16(24(3)4)22-17(21-15)25-11-13(27)26(14(25)18)19-10-12-8-6-5-7-9-12/h5-10,18H,11H2,1-4H3/b18-14?,19-10-. The molecule has 1 aromatic carbocycles. The summed E-state index contributed by atoms with van der Waals surface area (Å²) >= 11 is 0. The number of nitrogens with zero attached hydrogens (tertiary/aromatic N) is 8. The van der Waals surface area contributed by atoms with E-state index >= 15 is 0 Å². The average Bonchev–Trinajstić information content (AvgIpc) is 2.94. The minimum atomic E-state index is -0.328. The second kappa shape index (κ2) is 7.36. The van der Waals surface area contributed by atoms with Crippen molar-refractivity contribution in [3.8, 4) is 0 Å². The van der Waals surface area contributed by atoms with Gasteiger partial charge in [-0.05, 0) is 5.56 Å². The van der Waals surface area contributed by atoms with Gasteiger partial charge in [0.25, 0.3) is 5.91 Å². The van der Waals surface area contributed by atoms with Crippen molar-refractivity contribution < 1.29 is 4.79 Å². The van der Waals surface area contributed by atoms with E-state index in [0.29, 0.717) is 11.9 Å². The van der Waals surface area contributed by atoms with Crippen LogP contribution in [0.4, 0.5) is 17.8 Å². The van der Waals surface area contributed by atoms with Crippen LogP contribution in [-0.4, -0.2) is 72.8 Å². The van der Waals surface area contributed by atoms with Crippen LogP contribution in [0.3, 0.4) is 0 Å². The van der Waals surface area contributed by atoms with Gasteiger partial charge in [0.05, 0.1) is 6.21 Å². The first-order chi connectivity index (χ1) is 12.9. The summed E-state index contributed by atoms with van der Waals surface area (Å²) < 4.78 is 0. The fraction of sp³-hybridized carbons (Fsp3) is 0.294. The summed E-state index contributed by atoms with van der Waals surface area (Å²) in [4.78, 5) is 30.3. The lowest BCUT2D eigenvalue weighted by atomic mass is 10.2. The number of guanidine groups is 1. The predicted molar refractivity (Wildman–Crippen MR) is 104 cm³/mol. The van der Waals surface area contributed by atoms with Crippen molar-refractivity contribution >= 4 is 35.9 Å². The maximum Gasteiger partial charge on any atom is 0.270 e. The molecule has 0 unspecified atom stereocenters. The van der Waals surface area contributed by atoms with Crippen molar-refractivity contribution in [2.24, 2.45) is 5.10 Å². The zero-order chi connectivity index (χ0) is 19.6. The maximum absolute atomic E-state index is 12.4. The summed E-state index contributed by atoms with van der Waals surface area (Å²) in [5.41, 5.74) is 0.835. The number of carbonyl (C=O) groups is 1. The number of aromatic nitrogens is 3. The van der Waals surface area contributed by atoms with Crippen LogP contribution in [0, 0.1) is 5.41 Å². The van der Waals surface area contributed by atoms with Crippen molar-refractivity contribution in [1.82, 2.24) is 20.0 Å². The number of rotatable bonds is 5. The van der Waals surface area contributed by atoms with Gasteiger partial charge in [-0.15, -0.1) is 0 Å². The monoisotopic (exact) mass is 367 g/mol. The molecule has 0 atom stereocenters. The molecule has 0 bridgehead atoms. The molecule has 0 spiro atoms. The van der Waals surface area contributed by atoms with Gasteiger partial charge in [-0.3, -0.25) is 15.1 Å². The van der Waals surface area contributed by atoms with Crippen LogP contribution in [-0.2, 0) is 4.79 Å². The van der Waals surface area contributed by atoms with Gasteiger partial charge in [-0.25, -0.2) is 0 Å². The Bertz CT molecular complexity index is 853. The Morgan fingerprint density at radius 2 is 1.63 bits per heavy atom. The molecule has 1 aliphatic heterocycles. The van der Waals surface area contributed by atoms with Gasteiger partial charge in [-0.1, -0.05) is 30.3 Å². The number of nitrogens with one attached hydrogen (secondary N) is 1. The first-order valence-corrected chi connectivity index (χ1v) is 8.25. The van der Waals surface area contributed by atoms with Gasteiger partial charge >= 0.3 is 0 Å². The Hall–Kier alpha value is -3.56. The van der Waals surface area contributed by atoms with Gasteiger partial charge < -0.3 is 9.80 Å². The third kappa shape index (κ3) is 3.84. The molecule has 1 N–H and O–H groups in total. The second-order valence-corrected chi connectivity index (χ2v) is 6.29. The Labute approximate surface area is 157 Å². The predicted octanol–water partition coefficient (Wildman–Crippen LogP) is 0.621. The molecule has 2 aromatic rings. The van der Waals surface area contributed by atoms with Crippen LogP contribution >= 0.6 is 0 Å². The van der Waals surface area contributed by atoms with E-state index in [1.54, 1.807) is 16.0 Å². The Morgan fingerprint density at radius 3 is 2.19 bits per heavy atom. The normalized spacial score (nSPS) is 14.4. The summed E-state index contributed by atoms with van der Waals surface area (Å²) in [6, 6.07) is 9.38. The van der Waals surface area contributed by atoms with E-state index in [2.05, 4.69) is 20.1 Å². The lowest BCUT2D eigenvalue weighted by molar-refractivity contribution is -0.124. The van der Waals surface area contributed by atoms with Gasteiger partial charge in [0.1, 0.15) is 6.54 Å². The number of benzene rings is 1. The van der Waals surface area contributed by atoms with E-state index in [1.807, 2.05) is 58.5 Å². The van der Waals surface area contributed by atoms with Crippen LogP contribution in [0.25, 0.3) is 0 Å². The molecule has 0 saturated carbocycles. The quantitative estimate of drug-likeness (QED) is 0.773. The first kappa shape index (κ1) is 18.2. The van der Waals surface area contributed by atoms with Crippen LogP contribution in [0.1, 0.15) is 5.56 Å². The fourth-order valence-corrected chi connectivity index (χ4v) is 2.32. The summed E-state index contributed by atoms with van der Waals surface area (Å²) in [7, 11) is 7.26. The van der Waals surface area contributed by atoms with Crippen molar-refractivity contribution in [2.45, 2.75) is 0 Å². The van der Waals surface area contributed by atoms with E-state index in [-0.39, 0.29) is 24.4 Å². The number of anilines is 3. The molecule has 0 aliphatic carbocycles. The highest BCUT2D eigenvalue weighted by Crippen LogP contribution is 2.21.